The maximum atomic E-state index is 12.5. The van der Waals surface area contributed by atoms with Crippen molar-refractivity contribution in [2.24, 2.45) is 5.73 Å². The standard InChI is InChI=1S/C12H17F2NO2S/c1-7(15)4-8-5-9(16-2)11(17-3)10(6-8)18-12(13)14/h5-7,12H,4,15H2,1-3H3. The van der Waals surface area contributed by atoms with Gasteiger partial charge in [-0.15, -0.1) is 0 Å². The van der Waals surface area contributed by atoms with Crippen LogP contribution in [-0.2, 0) is 6.42 Å². The van der Waals surface area contributed by atoms with Gasteiger partial charge in [0.2, 0.25) is 0 Å². The lowest BCUT2D eigenvalue weighted by Crippen LogP contribution is -2.17. The van der Waals surface area contributed by atoms with Gasteiger partial charge in [-0.3, -0.25) is 0 Å². The van der Waals surface area contributed by atoms with E-state index in [4.69, 9.17) is 15.2 Å². The lowest BCUT2D eigenvalue weighted by atomic mass is 10.1. The highest BCUT2D eigenvalue weighted by Crippen LogP contribution is 2.41. The maximum Gasteiger partial charge on any atom is 0.289 e. The van der Waals surface area contributed by atoms with Crippen LogP contribution in [0.3, 0.4) is 0 Å². The van der Waals surface area contributed by atoms with Crippen LogP contribution >= 0.6 is 11.8 Å². The topological polar surface area (TPSA) is 44.5 Å². The molecule has 0 aliphatic carbocycles. The number of methoxy groups -OCH3 is 2. The molecule has 0 aliphatic heterocycles. The molecule has 2 N–H and O–H groups in total. The van der Waals surface area contributed by atoms with Gasteiger partial charge in [0, 0.05) is 6.04 Å². The average molecular weight is 277 g/mol. The molecule has 0 heterocycles. The SMILES string of the molecule is COc1cc(CC(C)N)cc(SC(F)F)c1OC. The molecule has 0 spiro atoms. The number of alkyl halides is 2. The summed E-state index contributed by atoms with van der Waals surface area (Å²) in [5.74, 6) is -1.73. The molecule has 0 fully saturated rings. The number of rotatable bonds is 6. The second-order valence-electron chi connectivity index (χ2n) is 3.89. The second-order valence-corrected chi connectivity index (χ2v) is 4.92. The summed E-state index contributed by atoms with van der Waals surface area (Å²) in [6, 6.07) is 3.38. The van der Waals surface area contributed by atoms with Crippen molar-refractivity contribution in [3.8, 4) is 11.5 Å². The molecule has 18 heavy (non-hydrogen) atoms. The van der Waals surface area contributed by atoms with Crippen molar-refractivity contribution >= 4 is 11.8 Å². The van der Waals surface area contributed by atoms with Gasteiger partial charge < -0.3 is 15.2 Å². The minimum atomic E-state index is -2.51. The molecule has 0 saturated heterocycles. The predicted molar refractivity (Wildman–Crippen MR) is 68.8 cm³/mol. The van der Waals surface area contributed by atoms with Crippen LogP contribution in [0.1, 0.15) is 12.5 Å². The summed E-state index contributed by atoms with van der Waals surface area (Å²) in [4.78, 5) is 0.363. The van der Waals surface area contributed by atoms with Crippen LogP contribution in [-0.4, -0.2) is 26.0 Å². The van der Waals surface area contributed by atoms with E-state index in [0.717, 1.165) is 5.56 Å². The smallest absolute Gasteiger partial charge is 0.289 e. The van der Waals surface area contributed by atoms with Gasteiger partial charge in [-0.2, -0.15) is 8.78 Å². The molecule has 1 atom stereocenters. The summed E-state index contributed by atoms with van der Waals surface area (Å²) in [6.07, 6.45) is 0.594. The average Bonchev–Trinajstić information content (AvgIpc) is 2.26. The number of nitrogens with two attached hydrogens (primary N) is 1. The monoisotopic (exact) mass is 277 g/mol. The Labute approximate surface area is 110 Å². The van der Waals surface area contributed by atoms with Crippen LogP contribution in [0.25, 0.3) is 0 Å². The van der Waals surface area contributed by atoms with Gasteiger partial charge in [0.25, 0.3) is 5.76 Å². The van der Waals surface area contributed by atoms with Crippen molar-refractivity contribution in [1.82, 2.24) is 0 Å². The highest BCUT2D eigenvalue weighted by molar-refractivity contribution is 7.99. The summed E-state index contributed by atoms with van der Waals surface area (Å²) in [6.45, 7) is 1.86. The molecular weight excluding hydrogens is 260 g/mol. The van der Waals surface area contributed by atoms with E-state index < -0.39 is 5.76 Å². The molecule has 0 radical (unpaired) electrons. The molecule has 3 nitrogen and oxygen atoms in total. The fourth-order valence-corrected chi connectivity index (χ4v) is 2.36. The number of benzene rings is 1. The molecule has 1 aromatic rings. The van der Waals surface area contributed by atoms with Crippen LogP contribution in [0.15, 0.2) is 17.0 Å². The lowest BCUT2D eigenvalue weighted by molar-refractivity contribution is 0.251. The van der Waals surface area contributed by atoms with Crippen molar-refractivity contribution in [2.45, 2.75) is 30.0 Å². The molecule has 1 rings (SSSR count). The van der Waals surface area contributed by atoms with Crippen LogP contribution in [0.2, 0.25) is 0 Å². The summed E-state index contributed by atoms with van der Waals surface area (Å²) < 4.78 is 35.3. The quantitative estimate of drug-likeness (QED) is 0.812. The Bertz CT molecular complexity index is 400. The third-order valence-corrected chi connectivity index (χ3v) is 3.01. The van der Waals surface area contributed by atoms with Crippen molar-refractivity contribution in [1.29, 1.82) is 0 Å². The molecule has 1 unspecified atom stereocenters. The van der Waals surface area contributed by atoms with Crippen LogP contribution < -0.4 is 15.2 Å². The van der Waals surface area contributed by atoms with Gasteiger partial charge >= 0.3 is 0 Å². The third kappa shape index (κ3) is 4.03. The molecule has 0 amide bonds. The number of hydrogen-bond donors (Lipinski definition) is 1. The molecule has 0 saturated carbocycles. The Morgan fingerprint density at radius 1 is 1.28 bits per heavy atom. The first kappa shape index (κ1) is 15.0. The van der Waals surface area contributed by atoms with E-state index in [1.165, 1.54) is 14.2 Å². The van der Waals surface area contributed by atoms with Crippen molar-refractivity contribution in [2.75, 3.05) is 14.2 Å². The van der Waals surface area contributed by atoms with Crippen molar-refractivity contribution < 1.29 is 18.3 Å². The minimum Gasteiger partial charge on any atom is -0.493 e. The van der Waals surface area contributed by atoms with Crippen LogP contribution in [0.4, 0.5) is 8.78 Å². The minimum absolute atomic E-state index is 0.0486. The van der Waals surface area contributed by atoms with Crippen molar-refractivity contribution in [3.63, 3.8) is 0 Å². The van der Waals surface area contributed by atoms with E-state index in [-0.39, 0.29) is 6.04 Å². The predicted octanol–water partition coefficient (Wildman–Crippen LogP) is 2.91. The Kier molecular flexibility index (Phi) is 5.68. The number of hydrogen-bond acceptors (Lipinski definition) is 4. The molecular formula is C12H17F2NO2S. The molecule has 102 valence electrons. The van der Waals surface area contributed by atoms with Gasteiger partial charge in [-0.25, -0.2) is 0 Å². The summed E-state index contributed by atoms with van der Waals surface area (Å²) in [7, 11) is 2.91. The summed E-state index contributed by atoms with van der Waals surface area (Å²) >= 11 is 0.441. The summed E-state index contributed by atoms with van der Waals surface area (Å²) in [5, 5.41) is 0. The number of halogens is 2. The van der Waals surface area contributed by atoms with Gasteiger partial charge in [-0.05, 0) is 31.0 Å². The van der Waals surface area contributed by atoms with E-state index in [2.05, 4.69) is 0 Å². The third-order valence-electron chi connectivity index (χ3n) is 2.28. The zero-order chi connectivity index (χ0) is 13.7. The number of ether oxygens (including phenoxy) is 2. The van der Waals surface area contributed by atoms with Gasteiger partial charge in [-0.1, -0.05) is 11.8 Å². The van der Waals surface area contributed by atoms with E-state index >= 15 is 0 Å². The second kappa shape index (κ2) is 6.80. The van der Waals surface area contributed by atoms with Crippen LogP contribution in [0, 0.1) is 0 Å². The van der Waals surface area contributed by atoms with Crippen LogP contribution in [0.5, 0.6) is 11.5 Å². The van der Waals surface area contributed by atoms with Gasteiger partial charge in [0.1, 0.15) is 0 Å². The normalized spacial score (nSPS) is 12.6. The lowest BCUT2D eigenvalue weighted by Gasteiger charge is -2.15. The van der Waals surface area contributed by atoms with E-state index in [1.807, 2.05) is 6.92 Å². The fraction of sp³-hybridized carbons (Fsp3) is 0.500. The fourth-order valence-electron chi connectivity index (χ4n) is 1.66. The first-order valence-electron chi connectivity index (χ1n) is 5.43. The maximum absolute atomic E-state index is 12.5. The van der Waals surface area contributed by atoms with Gasteiger partial charge in [0.15, 0.2) is 11.5 Å². The Morgan fingerprint density at radius 3 is 2.39 bits per heavy atom. The van der Waals surface area contributed by atoms with E-state index in [1.54, 1.807) is 12.1 Å². The molecule has 0 bridgehead atoms. The number of thioether (sulfide) groups is 1. The largest absolute Gasteiger partial charge is 0.493 e. The first-order chi connectivity index (χ1) is 8.47. The first-order valence-corrected chi connectivity index (χ1v) is 6.31. The van der Waals surface area contributed by atoms with Gasteiger partial charge in [0.05, 0.1) is 19.1 Å². The highest BCUT2D eigenvalue weighted by Gasteiger charge is 2.17. The molecule has 6 heteroatoms. The molecule has 0 aliphatic rings. The Balaban J connectivity index is 3.17. The zero-order valence-electron chi connectivity index (χ0n) is 10.6. The Morgan fingerprint density at radius 2 is 1.94 bits per heavy atom. The van der Waals surface area contributed by atoms with E-state index in [9.17, 15) is 8.78 Å². The Hall–Kier alpha value is -1.01. The zero-order valence-corrected chi connectivity index (χ0v) is 11.4. The molecule has 1 aromatic carbocycles. The van der Waals surface area contributed by atoms with E-state index in [0.29, 0.717) is 34.6 Å². The highest BCUT2D eigenvalue weighted by atomic mass is 32.2. The summed E-state index contributed by atoms with van der Waals surface area (Å²) in [5.41, 5.74) is 6.56. The molecule has 0 aromatic heterocycles. The van der Waals surface area contributed by atoms with Crippen molar-refractivity contribution in [3.05, 3.63) is 17.7 Å².